The molecule has 0 aliphatic carbocycles. The van der Waals surface area contributed by atoms with Crippen molar-refractivity contribution >= 4 is 23.8 Å². The van der Waals surface area contributed by atoms with E-state index in [1.165, 1.54) is 24.1 Å². The van der Waals surface area contributed by atoms with E-state index in [1.54, 1.807) is 55.7 Å². The minimum atomic E-state index is -0.897. The second-order valence-electron chi connectivity index (χ2n) is 15.1. The van der Waals surface area contributed by atoms with Gasteiger partial charge in [0.05, 0.1) is 5.69 Å². The maximum Gasteiger partial charge on any atom is 0.410 e. The van der Waals surface area contributed by atoms with Gasteiger partial charge in [0.2, 0.25) is 11.8 Å². The zero-order chi connectivity index (χ0) is 36.8. The standard InChI is InChI=1S/C38H51FN6O5/c1-25(43(8)36(49)50-38(5,6)7)33(46)40-32(37(2,3)4)35(48)45-21-12-15-29(45)24-44(22-20-26-16-18-28(39)19-17-26)34(47)31-23-30(41-42-31)27-13-10-9-11-14-27/h9-11,13-14,16-19,23,25,29,32H,12,15,20-22,24H2,1-8H3,(H,40,46)(H,41,42). The normalized spacial score (nSPS) is 16.0. The molecule has 2 heterocycles. The number of amides is 4. The Morgan fingerprint density at radius 3 is 2.32 bits per heavy atom. The van der Waals surface area contributed by atoms with E-state index < -0.39 is 35.1 Å². The first-order valence-electron chi connectivity index (χ1n) is 17.2. The van der Waals surface area contributed by atoms with Crippen LogP contribution in [-0.4, -0.2) is 99.1 Å². The molecule has 2 N–H and O–H groups in total. The summed E-state index contributed by atoms with van der Waals surface area (Å²) >= 11 is 0. The highest BCUT2D eigenvalue weighted by atomic mass is 19.1. The number of likely N-dealkylation sites (tertiary alicyclic amines) is 1. The summed E-state index contributed by atoms with van der Waals surface area (Å²) in [5.41, 5.74) is 1.31. The van der Waals surface area contributed by atoms with Crippen molar-refractivity contribution in [3.63, 3.8) is 0 Å². The SMILES string of the molecule is CC(C(=O)NC(C(=O)N1CCCC1CN(CCc1ccc(F)cc1)C(=O)c1cc(-c2ccccc2)n[nH]1)C(C)(C)C)N(C)C(=O)OC(C)(C)C. The van der Waals surface area contributed by atoms with Gasteiger partial charge in [-0.3, -0.25) is 24.4 Å². The summed E-state index contributed by atoms with van der Waals surface area (Å²) < 4.78 is 19.0. The molecule has 1 saturated heterocycles. The molecule has 0 radical (unpaired) electrons. The largest absolute Gasteiger partial charge is 0.444 e. The molecule has 1 fully saturated rings. The predicted molar refractivity (Wildman–Crippen MR) is 190 cm³/mol. The molecule has 0 bridgehead atoms. The van der Waals surface area contributed by atoms with Crippen molar-refractivity contribution in [2.24, 2.45) is 5.41 Å². The molecule has 1 aliphatic heterocycles. The Kier molecular flexibility index (Phi) is 12.1. The van der Waals surface area contributed by atoms with Gasteiger partial charge in [0, 0.05) is 38.3 Å². The fraction of sp³-hybridized carbons (Fsp3) is 0.500. The van der Waals surface area contributed by atoms with E-state index in [9.17, 15) is 23.6 Å². The fourth-order valence-electron chi connectivity index (χ4n) is 5.86. The second-order valence-corrected chi connectivity index (χ2v) is 15.1. The molecular formula is C38H51FN6O5. The van der Waals surface area contributed by atoms with Crippen molar-refractivity contribution in [3.05, 3.63) is 77.7 Å². The summed E-state index contributed by atoms with van der Waals surface area (Å²) in [6.45, 7) is 13.5. The van der Waals surface area contributed by atoms with Gasteiger partial charge in [0.25, 0.3) is 5.91 Å². The molecule has 1 aromatic heterocycles. The van der Waals surface area contributed by atoms with E-state index in [-0.39, 0.29) is 30.2 Å². The van der Waals surface area contributed by atoms with E-state index >= 15 is 0 Å². The van der Waals surface area contributed by atoms with Crippen LogP contribution in [-0.2, 0) is 20.7 Å². The van der Waals surface area contributed by atoms with Crippen LogP contribution in [0.4, 0.5) is 9.18 Å². The number of carbonyl (C=O) groups excluding carboxylic acids is 4. The molecule has 0 spiro atoms. The summed E-state index contributed by atoms with van der Waals surface area (Å²) in [6.07, 6.45) is 1.25. The van der Waals surface area contributed by atoms with Crippen LogP contribution in [0.1, 0.15) is 77.4 Å². The molecule has 50 heavy (non-hydrogen) atoms. The molecule has 3 unspecified atom stereocenters. The van der Waals surface area contributed by atoms with Crippen LogP contribution in [0.2, 0.25) is 0 Å². The highest BCUT2D eigenvalue weighted by molar-refractivity contribution is 5.94. The lowest BCUT2D eigenvalue weighted by atomic mass is 9.85. The first kappa shape index (κ1) is 38.1. The third-order valence-corrected chi connectivity index (χ3v) is 8.88. The van der Waals surface area contributed by atoms with Gasteiger partial charge in [-0.25, -0.2) is 9.18 Å². The van der Waals surface area contributed by atoms with Crippen LogP contribution in [0.3, 0.4) is 0 Å². The Hall–Kier alpha value is -4.74. The Morgan fingerprint density at radius 2 is 1.70 bits per heavy atom. The summed E-state index contributed by atoms with van der Waals surface area (Å²) in [7, 11) is 1.49. The zero-order valence-electron chi connectivity index (χ0n) is 30.5. The molecule has 1 aliphatic rings. The molecule has 270 valence electrons. The maximum atomic E-state index is 14.3. The van der Waals surface area contributed by atoms with Gasteiger partial charge >= 0.3 is 6.09 Å². The average Bonchev–Trinajstić information content (AvgIpc) is 3.74. The molecule has 3 atom stereocenters. The lowest BCUT2D eigenvalue weighted by molar-refractivity contribution is -0.141. The van der Waals surface area contributed by atoms with Gasteiger partial charge in [-0.1, -0.05) is 63.2 Å². The Balaban J connectivity index is 1.53. The van der Waals surface area contributed by atoms with Crippen molar-refractivity contribution in [1.82, 2.24) is 30.2 Å². The molecule has 2 aromatic carbocycles. The topological polar surface area (TPSA) is 128 Å². The number of hydrogen-bond donors (Lipinski definition) is 2. The average molecular weight is 691 g/mol. The van der Waals surface area contributed by atoms with E-state index in [0.29, 0.717) is 37.3 Å². The van der Waals surface area contributed by atoms with Crippen LogP contribution in [0, 0.1) is 11.2 Å². The van der Waals surface area contributed by atoms with Crippen molar-refractivity contribution in [1.29, 1.82) is 0 Å². The van der Waals surface area contributed by atoms with Crippen LogP contribution < -0.4 is 5.32 Å². The zero-order valence-corrected chi connectivity index (χ0v) is 30.5. The minimum absolute atomic E-state index is 0.251. The summed E-state index contributed by atoms with van der Waals surface area (Å²) in [4.78, 5) is 59.2. The van der Waals surface area contributed by atoms with Gasteiger partial charge in [-0.15, -0.1) is 0 Å². The summed E-state index contributed by atoms with van der Waals surface area (Å²) in [5.74, 6) is -1.33. The summed E-state index contributed by atoms with van der Waals surface area (Å²) in [5, 5.41) is 10.2. The molecule has 11 nitrogen and oxygen atoms in total. The Bertz CT molecular complexity index is 1630. The highest BCUT2D eigenvalue weighted by Gasteiger charge is 2.41. The quantitative estimate of drug-likeness (QED) is 0.267. The van der Waals surface area contributed by atoms with Gasteiger partial charge < -0.3 is 19.9 Å². The van der Waals surface area contributed by atoms with Gasteiger partial charge in [-0.05, 0) is 76.1 Å². The Morgan fingerprint density at radius 1 is 1.04 bits per heavy atom. The van der Waals surface area contributed by atoms with E-state index in [2.05, 4.69) is 15.5 Å². The maximum absolute atomic E-state index is 14.3. The smallest absolute Gasteiger partial charge is 0.410 e. The highest BCUT2D eigenvalue weighted by Crippen LogP contribution is 2.27. The molecule has 12 heteroatoms. The minimum Gasteiger partial charge on any atom is -0.444 e. The lowest BCUT2D eigenvalue weighted by Crippen LogP contribution is -2.59. The molecule has 0 saturated carbocycles. The molecular weight excluding hydrogens is 639 g/mol. The van der Waals surface area contributed by atoms with Gasteiger partial charge in [-0.2, -0.15) is 5.10 Å². The van der Waals surface area contributed by atoms with Crippen molar-refractivity contribution in [2.75, 3.05) is 26.7 Å². The van der Waals surface area contributed by atoms with Crippen LogP contribution in [0.25, 0.3) is 11.3 Å². The number of halogens is 1. The number of aromatic nitrogens is 2. The van der Waals surface area contributed by atoms with Crippen molar-refractivity contribution in [3.8, 4) is 11.3 Å². The number of nitrogens with zero attached hydrogens (tertiary/aromatic N) is 4. The van der Waals surface area contributed by atoms with E-state index in [4.69, 9.17) is 4.74 Å². The van der Waals surface area contributed by atoms with Crippen molar-refractivity contribution in [2.45, 2.75) is 91.5 Å². The van der Waals surface area contributed by atoms with Gasteiger partial charge in [0.15, 0.2) is 0 Å². The van der Waals surface area contributed by atoms with Gasteiger partial charge in [0.1, 0.15) is 29.2 Å². The third kappa shape index (κ3) is 9.92. The third-order valence-electron chi connectivity index (χ3n) is 8.88. The number of ether oxygens (including phenoxy) is 1. The van der Waals surface area contributed by atoms with E-state index in [0.717, 1.165) is 17.5 Å². The number of likely N-dealkylation sites (N-methyl/N-ethyl adjacent to an activating group) is 1. The fourth-order valence-corrected chi connectivity index (χ4v) is 5.86. The van der Waals surface area contributed by atoms with Crippen LogP contribution in [0.5, 0.6) is 0 Å². The number of benzene rings is 2. The van der Waals surface area contributed by atoms with Crippen LogP contribution >= 0.6 is 0 Å². The van der Waals surface area contributed by atoms with Crippen LogP contribution in [0.15, 0.2) is 60.7 Å². The number of rotatable bonds is 11. The Labute approximate surface area is 294 Å². The monoisotopic (exact) mass is 690 g/mol. The summed E-state index contributed by atoms with van der Waals surface area (Å²) in [6, 6.07) is 15.4. The lowest BCUT2D eigenvalue weighted by Gasteiger charge is -2.38. The number of H-pyrrole nitrogens is 1. The number of aromatic amines is 1. The van der Waals surface area contributed by atoms with E-state index in [1.807, 2.05) is 51.1 Å². The number of hydrogen-bond acceptors (Lipinski definition) is 6. The first-order valence-corrected chi connectivity index (χ1v) is 17.2. The molecule has 4 amide bonds. The molecule has 3 aromatic rings. The van der Waals surface area contributed by atoms with Crippen molar-refractivity contribution < 1.29 is 28.3 Å². The second kappa shape index (κ2) is 15.9. The first-order chi connectivity index (χ1) is 23.4. The molecule has 4 rings (SSSR count). The predicted octanol–water partition coefficient (Wildman–Crippen LogP) is 5.68. The number of carbonyl (C=O) groups is 4. The number of nitrogens with one attached hydrogen (secondary N) is 2.